The quantitative estimate of drug-likeness (QED) is 0.658. The number of carbonyl (C=O) groups is 2. The van der Waals surface area contributed by atoms with Crippen LogP contribution in [-0.4, -0.2) is 32.5 Å². The van der Waals surface area contributed by atoms with E-state index in [1.165, 1.54) is 18.3 Å². The van der Waals surface area contributed by atoms with Gasteiger partial charge in [0.25, 0.3) is 0 Å². The Balaban J connectivity index is 1.72. The van der Waals surface area contributed by atoms with E-state index in [2.05, 4.69) is 10.3 Å². The molecule has 0 spiro atoms. The molecular weight excluding hydrogens is 396 g/mol. The molecule has 1 aliphatic heterocycles. The Labute approximate surface area is 170 Å². The van der Waals surface area contributed by atoms with Gasteiger partial charge in [-0.15, -0.1) is 22.7 Å². The Kier molecular flexibility index (Phi) is 4.59. The van der Waals surface area contributed by atoms with Crippen molar-refractivity contribution in [3.8, 4) is 10.6 Å². The predicted molar refractivity (Wildman–Crippen MR) is 111 cm³/mol. The van der Waals surface area contributed by atoms with Gasteiger partial charge in [0, 0.05) is 18.0 Å². The van der Waals surface area contributed by atoms with Crippen molar-refractivity contribution >= 4 is 49.9 Å². The fraction of sp³-hybridized carbons (Fsp3) is 0.368. The number of thiophene rings is 1. The lowest BCUT2D eigenvalue weighted by Gasteiger charge is -2.24. The van der Waals surface area contributed by atoms with Crippen LogP contribution in [0.2, 0.25) is 0 Å². The zero-order valence-corrected chi connectivity index (χ0v) is 17.7. The van der Waals surface area contributed by atoms with Crippen LogP contribution in [0.3, 0.4) is 0 Å². The van der Waals surface area contributed by atoms with Crippen molar-refractivity contribution in [2.24, 2.45) is 0 Å². The highest BCUT2D eigenvalue weighted by molar-refractivity contribution is 7.22. The van der Waals surface area contributed by atoms with Gasteiger partial charge in [-0.2, -0.15) is 0 Å². The van der Waals surface area contributed by atoms with Crippen molar-refractivity contribution in [2.45, 2.75) is 46.4 Å². The molecule has 0 bridgehead atoms. The highest BCUT2D eigenvalue weighted by atomic mass is 32.1. The summed E-state index contributed by atoms with van der Waals surface area (Å²) in [5, 5.41) is 4.51. The van der Waals surface area contributed by atoms with Crippen LogP contribution >= 0.6 is 22.7 Å². The molecular formula is C19H20N4O3S2. The first-order chi connectivity index (χ1) is 13.2. The third-order valence-corrected chi connectivity index (χ3v) is 6.31. The number of hydrogen-bond acceptors (Lipinski definition) is 7. The molecule has 3 aromatic rings. The number of rotatable bonds is 2. The first-order valence-corrected chi connectivity index (χ1v) is 10.5. The SMILES string of the molecule is CC(=O)Nc1sc2c(c1-c1nc3cnccc3s1)CN(C(=O)OC(C)(C)C)C2. The van der Waals surface area contributed by atoms with Crippen LogP contribution < -0.4 is 5.32 Å². The van der Waals surface area contributed by atoms with Crippen LogP contribution in [0.25, 0.3) is 20.8 Å². The molecule has 0 saturated heterocycles. The fourth-order valence-corrected chi connectivity index (χ4v) is 5.39. The molecule has 0 aliphatic carbocycles. The van der Waals surface area contributed by atoms with Crippen molar-refractivity contribution in [3.63, 3.8) is 0 Å². The molecule has 0 radical (unpaired) electrons. The minimum Gasteiger partial charge on any atom is -0.444 e. The molecule has 0 atom stereocenters. The Morgan fingerprint density at radius 2 is 2.04 bits per heavy atom. The maximum absolute atomic E-state index is 12.5. The Hall–Kier alpha value is -2.52. The van der Waals surface area contributed by atoms with Crippen molar-refractivity contribution in [1.29, 1.82) is 0 Å². The second kappa shape index (κ2) is 6.82. The number of amides is 2. The Morgan fingerprint density at radius 3 is 2.71 bits per heavy atom. The fourth-order valence-electron chi connectivity index (χ4n) is 3.04. The topological polar surface area (TPSA) is 84.4 Å². The number of fused-ring (bicyclic) bond motifs is 2. The van der Waals surface area contributed by atoms with Gasteiger partial charge in [-0.25, -0.2) is 9.78 Å². The molecule has 4 heterocycles. The monoisotopic (exact) mass is 416 g/mol. The molecule has 2 amide bonds. The summed E-state index contributed by atoms with van der Waals surface area (Å²) in [6.45, 7) is 7.95. The van der Waals surface area contributed by atoms with E-state index in [-0.39, 0.29) is 12.0 Å². The van der Waals surface area contributed by atoms with Crippen LogP contribution in [0, 0.1) is 0 Å². The number of anilines is 1. The lowest BCUT2D eigenvalue weighted by molar-refractivity contribution is -0.114. The first-order valence-electron chi connectivity index (χ1n) is 8.82. The van der Waals surface area contributed by atoms with Crippen molar-refractivity contribution in [3.05, 3.63) is 28.9 Å². The van der Waals surface area contributed by atoms with E-state index in [0.717, 1.165) is 36.2 Å². The maximum Gasteiger partial charge on any atom is 0.410 e. The molecule has 9 heteroatoms. The summed E-state index contributed by atoms with van der Waals surface area (Å²) in [5.41, 5.74) is 2.18. The predicted octanol–water partition coefficient (Wildman–Crippen LogP) is 4.63. The number of nitrogens with zero attached hydrogens (tertiary/aromatic N) is 3. The van der Waals surface area contributed by atoms with Crippen LogP contribution in [0.5, 0.6) is 0 Å². The van der Waals surface area contributed by atoms with Gasteiger partial charge in [-0.05, 0) is 32.4 Å². The highest BCUT2D eigenvalue weighted by Crippen LogP contribution is 2.47. The smallest absolute Gasteiger partial charge is 0.410 e. The molecule has 0 unspecified atom stereocenters. The first kappa shape index (κ1) is 18.8. The number of thiazole rings is 1. The zero-order valence-electron chi connectivity index (χ0n) is 16.0. The number of aromatic nitrogens is 2. The van der Waals surface area contributed by atoms with E-state index in [9.17, 15) is 9.59 Å². The van der Waals surface area contributed by atoms with Gasteiger partial charge in [-0.3, -0.25) is 14.7 Å². The molecule has 28 heavy (non-hydrogen) atoms. The normalized spacial score (nSPS) is 13.6. The van der Waals surface area contributed by atoms with E-state index < -0.39 is 5.60 Å². The Morgan fingerprint density at radius 1 is 1.25 bits per heavy atom. The lowest BCUT2D eigenvalue weighted by atomic mass is 10.1. The van der Waals surface area contributed by atoms with Gasteiger partial charge in [0.2, 0.25) is 5.91 Å². The molecule has 1 N–H and O–H groups in total. The summed E-state index contributed by atoms with van der Waals surface area (Å²) in [4.78, 5) is 35.8. The van der Waals surface area contributed by atoms with Gasteiger partial charge >= 0.3 is 6.09 Å². The molecule has 0 saturated carbocycles. The number of carbonyl (C=O) groups excluding carboxylic acids is 2. The second-order valence-corrected chi connectivity index (χ2v) is 9.72. The van der Waals surface area contributed by atoms with E-state index in [1.54, 1.807) is 28.6 Å². The number of nitrogens with one attached hydrogen (secondary N) is 1. The minimum absolute atomic E-state index is 0.132. The van der Waals surface area contributed by atoms with E-state index in [0.29, 0.717) is 13.1 Å². The second-order valence-electron chi connectivity index (χ2n) is 7.59. The van der Waals surface area contributed by atoms with Gasteiger partial charge in [-0.1, -0.05) is 0 Å². The number of hydrogen-bond donors (Lipinski definition) is 1. The van der Waals surface area contributed by atoms with Crippen LogP contribution in [-0.2, 0) is 22.6 Å². The lowest BCUT2D eigenvalue weighted by Crippen LogP contribution is -2.33. The van der Waals surface area contributed by atoms with Crippen molar-refractivity contribution in [1.82, 2.24) is 14.9 Å². The molecule has 0 aromatic carbocycles. The third kappa shape index (κ3) is 3.59. The van der Waals surface area contributed by atoms with Gasteiger partial charge < -0.3 is 10.1 Å². The number of pyridine rings is 1. The zero-order chi connectivity index (χ0) is 20.1. The summed E-state index contributed by atoms with van der Waals surface area (Å²) in [6, 6.07) is 1.92. The average molecular weight is 417 g/mol. The Bertz CT molecular complexity index is 1050. The average Bonchev–Trinajstić information content (AvgIpc) is 3.23. The highest BCUT2D eigenvalue weighted by Gasteiger charge is 2.34. The van der Waals surface area contributed by atoms with E-state index >= 15 is 0 Å². The number of ether oxygens (including phenoxy) is 1. The molecule has 3 aromatic heterocycles. The summed E-state index contributed by atoms with van der Waals surface area (Å²) in [6.07, 6.45) is 3.13. The largest absolute Gasteiger partial charge is 0.444 e. The summed E-state index contributed by atoms with van der Waals surface area (Å²) in [5.74, 6) is -0.132. The van der Waals surface area contributed by atoms with Gasteiger partial charge in [0.1, 0.15) is 21.1 Å². The summed E-state index contributed by atoms with van der Waals surface area (Å²) >= 11 is 3.04. The van der Waals surface area contributed by atoms with Crippen LogP contribution in [0.1, 0.15) is 38.1 Å². The molecule has 0 fully saturated rings. The van der Waals surface area contributed by atoms with Crippen molar-refractivity contribution in [2.75, 3.05) is 5.32 Å². The standard InChI is InChI=1S/C19H20N4O3S2/c1-10(24)21-16-15(17-22-12-7-20-6-5-13(12)27-17)11-8-23(9-14(11)28-16)18(25)26-19(2,3)4/h5-7H,8-9H2,1-4H3,(H,21,24). The molecule has 146 valence electrons. The van der Waals surface area contributed by atoms with Gasteiger partial charge in [0.05, 0.1) is 29.5 Å². The van der Waals surface area contributed by atoms with Crippen LogP contribution in [0.4, 0.5) is 9.80 Å². The maximum atomic E-state index is 12.5. The van der Waals surface area contributed by atoms with Gasteiger partial charge in [0.15, 0.2) is 0 Å². The molecule has 4 rings (SSSR count). The van der Waals surface area contributed by atoms with Crippen molar-refractivity contribution < 1.29 is 14.3 Å². The summed E-state index contributed by atoms with van der Waals surface area (Å²) in [7, 11) is 0. The van der Waals surface area contributed by atoms with E-state index in [1.807, 2.05) is 26.8 Å². The minimum atomic E-state index is -0.544. The third-order valence-electron chi connectivity index (χ3n) is 4.12. The van der Waals surface area contributed by atoms with E-state index in [4.69, 9.17) is 9.72 Å². The van der Waals surface area contributed by atoms with Crippen LogP contribution in [0.15, 0.2) is 18.5 Å². The molecule has 1 aliphatic rings. The summed E-state index contributed by atoms with van der Waals surface area (Å²) < 4.78 is 6.54. The molecule has 7 nitrogen and oxygen atoms in total.